The van der Waals surface area contributed by atoms with Crippen LogP contribution in [0.1, 0.15) is 6.42 Å². The number of hydrogen-bond acceptors (Lipinski definition) is 4. The maximum atomic E-state index is 8.60. The third kappa shape index (κ3) is 16.2. The molecule has 0 aliphatic heterocycles. The first-order valence-electron chi connectivity index (χ1n) is 3.12. The minimum Gasteiger partial charge on any atom is -0.183 e. The number of allylic oxidation sites excluding steroid dienone is 6. The molecule has 0 bridgehead atoms. The zero-order valence-corrected chi connectivity index (χ0v) is 6.98. The molecule has 0 aromatic heterocycles. The van der Waals surface area contributed by atoms with Crippen molar-refractivity contribution in [3.63, 3.8) is 0 Å². The summed E-state index contributed by atoms with van der Waals surface area (Å²) in [5, 5.41) is 0. The summed E-state index contributed by atoms with van der Waals surface area (Å²) in [4.78, 5) is 0. The Hall–Kier alpha value is -0.650. The van der Waals surface area contributed by atoms with E-state index in [1.807, 2.05) is 12.2 Å². The van der Waals surface area contributed by atoms with E-state index in [9.17, 15) is 0 Å². The van der Waals surface area contributed by atoms with Crippen molar-refractivity contribution in [2.24, 2.45) is 0 Å². The molecular weight excluding hydrogens is 184 g/mol. The summed E-state index contributed by atoms with van der Waals surface area (Å²) in [6.07, 6.45) is 13.5. The first-order chi connectivity index (χ1) is 5.50. The highest BCUT2D eigenvalue weighted by Crippen LogP contribution is 1.91. The van der Waals surface area contributed by atoms with Gasteiger partial charge in [0.25, 0.3) is 0 Å². The number of rotatable bonds is 0. The molecule has 0 saturated heterocycles. The van der Waals surface area contributed by atoms with Gasteiger partial charge in [-0.1, -0.05) is 36.5 Å². The van der Waals surface area contributed by atoms with Crippen molar-refractivity contribution in [2.75, 3.05) is 0 Å². The fourth-order valence-electron chi connectivity index (χ4n) is 0.521. The second-order valence-electron chi connectivity index (χ2n) is 1.87. The lowest BCUT2D eigenvalue weighted by Gasteiger charge is -2.03. The summed E-state index contributed by atoms with van der Waals surface area (Å²) in [5.41, 5.74) is 0. The van der Waals surface area contributed by atoms with Crippen molar-refractivity contribution in [3.8, 4) is 0 Å². The van der Waals surface area contributed by atoms with Crippen molar-refractivity contribution in [1.82, 2.24) is 0 Å². The Kier molecular flexibility index (Phi) is 5.61. The lowest BCUT2D eigenvalue weighted by atomic mass is 10.4. The van der Waals surface area contributed by atoms with Gasteiger partial charge in [0.15, 0.2) is 0 Å². The summed E-state index contributed by atoms with van der Waals surface area (Å²) >= 11 is 0. The van der Waals surface area contributed by atoms with Gasteiger partial charge in [0.05, 0.1) is 14.9 Å². The molecule has 0 unspecified atom stereocenters. The van der Waals surface area contributed by atoms with Gasteiger partial charge in [-0.3, -0.25) is 0 Å². The predicted octanol–water partition coefficient (Wildman–Crippen LogP) is -2.07. The van der Waals surface area contributed by atoms with Crippen LogP contribution < -0.4 is 14.0 Å². The van der Waals surface area contributed by atoms with Gasteiger partial charge in [-0.25, -0.2) is 0 Å². The van der Waals surface area contributed by atoms with Crippen LogP contribution in [0.15, 0.2) is 36.5 Å². The smallest absolute Gasteiger partial charge is 0.0777 e. The predicted molar refractivity (Wildman–Crippen MR) is 34.3 cm³/mol. The second kappa shape index (κ2) is 5.93. The van der Waals surface area contributed by atoms with Gasteiger partial charge in [-0.2, -0.15) is 14.0 Å². The average molecular weight is 193 g/mol. The first kappa shape index (κ1) is 11.4. The highest BCUT2D eigenvalue weighted by Gasteiger charge is 1.98. The van der Waals surface area contributed by atoms with E-state index < -0.39 is 10.2 Å². The van der Waals surface area contributed by atoms with Gasteiger partial charge in [0, 0.05) is 0 Å². The summed E-state index contributed by atoms with van der Waals surface area (Å²) < 4.78 is 32.7. The number of hydrogen-bond donors (Lipinski definition) is 1. The summed E-state index contributed by atoms with van der Waals surface area (Å²) in [6.45, 7) is 0. The normalized spacial score (nSPS) is 15.0. The van der Waals surface area contributed by atoms with E-state index >= 15 is 0 Å². The van der Waals surface area contributed by atoms with Crippen LogP contribution in [0, 0.1) is 10.2 Å². The van der Waals surface area contributed by atoms with Crippen LogP contribution in [0.5, 0.6) is 0 Å². The van der Waals surface area contributed by atoms with Crippen LogP contribution in [-0.4, -0.2) is 4.66 Å². The molecule has 0 saturated carbocycles. The Balaban J connectivity index is 0.000000217. The zero-order chi connectivity index (χ0) is 9.45. The van der Waals surface area contributed by atoms with E-state index in [2.05, 4.69) is 24.3 Å². The Morgan fingerprint density at radius 3 is 1.58 bits per heavy atom. The molecule has 0 heterocycles. The van der Waals surface area contributed by atoms with Crippen molar-refractivity contribution in [3.05, 3.63) is 36.5 Å². The standard InChI is InChI=1S/C7H8.ClHO4/c1-2-4-6-7-5-3-1;2-1(3,4)5/h1-6H,7H2;(H,2,3,4,5). The van der Waals surface area contributed by atoms with E-state index in [1.54, 1.807) is 0 Å². The summed E-state index contributed by atoms with van der Waals surface area (Å²) in [7, 11) is -4.69. The molecular formula is C7H9ClO4. The monoisotopic (exact) mass is 192 g/mol. The topological polar surface area (TPSA) is 89.4 Å². The third-order valence-corrected chi connectivity index (χ3v) is 0.878. The summed E-state index contributed by atoms with van der Waals surface area (Å²) in [5.74, 6) is 0. The fourth-order valence-corrected chi connectivity index (χ4v) is 0.521. The van der Waals surface area contributed by atoms with Crippen molar-refractivity contribution in [1.29, 1.82) is 0 Å². The van der Waals surface area contributed by atoms with Crippen molar-refractivity contribution < 1.29 is 28.9 Å². The lowest BCUT2D eigenvalue weighted by Crippen LogP contribution is -2.58. The van der Waals surface area contributed by atoms with Gasteiger partial charge in [0.2, 0.25) is 0 Å². The number of halogens is 1. The van der Waals surface area contributed by atoms with Gasteiger partial charge in [-0.05, 0) is 6.42 Å². The second-order valence-corrected chi connectivity index (χ2v) is 2.66. The molecule has 1 aliphatic rings. The van der Waals surface area contributed by atoms with E-state index in [0.29, 0.717) is 0 Å². The fraction of sp³-hybridized carbons (Fsp3) is 0.143. The molecule has 1 N–H and O–H groups in total. The van der Waals surface area contributed by atoms with Crippen LogP contribution in [0.2, 0.25) is 0 Å². The third-order valence-electron chi connectivity index (χ3n) is 0.878. The molecule has 4 nitrogen and oxygen atoms in total. The van der Waals surface area contributed by atoms with Crippen LogP contribution in [0.3, 0.4) is 0 Å². The van der Waals surface area contributed by atoms with Crippen molar-refractivity contribution in [2.45, 2.75) is 6.42 Å². The minimum absolute atomic E-state index is 1.08. The maximum Gasteiger partial charge on any atom is 0.0777 e. The molecule has 1 aliphatic carbocycles. The van der Waals surface area contributed by atoms with Crippen LogP contribution in [0.4, 0.5) is 0 Å². The van der Waals surface area contributed by atoms with Gasteiger partial charge >= 0.3 is 0 Å². The molecule has 0 aromatic carbocycles. The van der Waals surface area contributed by atoms with E-state index in [-0.39, 0.29) is 0 Å². The van der Waals surface area contributed by atoms with Crippen LogP contribution in [-0.2, 0) is 0 Å². The molecule has 0 atom stereocenters. The SMILES string of the molecule is C1=CC=CCC=C1.[O-][Cl+3]([O-])([O-])O. The zero-order valence-electron chi connectivity index (χ0n) is 6.22. The molecule has 68 valence electrons. The van der Waals surface area contributed by atoms with Crippen LogP contribution in [0.25, 0.3) is 0 Å². The van der Waals surface area contributed by atoms with Crippen molar-refractivity contribution >= 4 is 0 Å². The summed E-state index contributed by atoms with van der Waals surface area (Å²) in [6, 6.07) is 0. The first-order valence-corrected chi connectivity index (χ1v) is 4.38. The highest BCUT2D eigenvalue weighted by atomic mass is 35.7. The minimum atomic E-state index is -4.69. The quantitative estimate of drug-likeness (QED) is 0.478. The molecule has 1 rings (SSSR count). The van der Waals surface area contributed by atoms with E-state index in [1.165, 1.54) is 0 Å². The Bertz CT molecular complexity index is 170. The molecule has 0 fully saturated rings. The molecule has 5 heteroatoms. The van der Waals surface area contributed by atoms with Gasteiger partial charge in [-0.15, -0.1) is 0 Å². The average Bonchev–Trinajstić information content (AvgIpc) is 2.10. The molecule has 0 spiro atoms. The van der Waals surface area contributed by atoms with Gasteiger partial charge in [0.1, 0.15) is 0 Å². The van der Waals surface area contributed by atoms with E-state index in [4.69, 9.17) is 18.6 Å². The molecule has 0 amide bonds. The lowest BCUT2D eigenvalue weighted by molar-refractivity contribution is -1.92. The maximum absolute atomic E-state index is 8.60. The molecule has 0 radical (unpaired) electrons. The Labute approximate surface area is 72.5 Å². The molecule has 0 aromatic rings. The Morgan fingerprint density at radius 2 is 1.25 bits per heavy atom. The van der Waals surface area contributed by atoms with Gasteiger partial charge < -0.3 is 0 Å². The largest absolute Gasteiger partial charge is 0.183 e. The molecule has 12 heavy (non-hydrogen) atoms. The van der Waals surface area contributed by atoms with Crippen LogP contribution >= 0.6 is 0 Å². The Morgan fingerprint density at radius 1 is 0.917 bits per heavy atom. The van der Waals surface area contributed by atoms with E-state index in [0.717, 1.165) is 6.42 Å². The highest BCUT2D eigenvalue weighted by molar-refractivity contribution is 5.16.